The molecule has 2 heterocycles. The third kappa shape index (κ3) is 3.09. The lowest BCUT2D eigenvalue weighted by molar-refractivity contribution is -0.131. The van der Waals surface area contributed by atoms with E-state index in [0.717, 1.165) is 10.5 Å². The van der Waals surface area contributed by atoms with Crippen LogP contribution in [0.25, 0.3) is 0 Å². The van der Waals surface area contributed by atoms with Crippen molar-refractivity contribution in [3.63, 3.8) is 0 Å². The molecule has 24 heavy (non-hydrogen) atoms. The van der Waals surface area contributed by atoms with E-state index in [1.165, 1.54) is 11.3 Å². The Hall–Kier alpha value is -1.76. The Balaban J connectivity index is 1.65. The standard InChI is InChI=1S/C16H14Cl2N2O3S/c1-16(10-4-7-24-9-10)14(21)20(15(22)19-16)5-6-23-13-3-2-11(17)8-12(13)18/h2-4,7-9H,5-6H2,1H3,(H,19,22). The summed E-state index contributed by atoms with van der Waals surface area (Å²) in [7, 11) is 0. The molecule has 3 rings (SSSR count). The maximum absolute atomic E-state index is 12.6. The fraction of sp³-hybridized carbons (Fsp3) is 0.250. The van der Waals surface area contributed by atoms with Gasteiger partial charge in [-0.3, -0.25) is 9.69 Å². The highest BCUT2D eigenvalue weighted by atomic mass is 35.5. The van der Waals surface area contributed by atoms with Crippen LogP contribution in [0.1, 0.15) is 12.5 Å². The predicted octanol–water partition coefficient (Wildman–Crippen LogP) is 3.90. The van der Waals surface area contributed by atoms with Crippen LogP contribution in [0.2, 0.25) is 10.0 Å². The highest BCUT2D eigenvalue weighted by Gasteiger charge is 2.48. The lowest BCUT2D eigenvalue weighted by Crippen LogP contribution is -2.41. The zero-order valence-electron chi connectivity index (χ0n) is 12.7. The number of halogens is 2. The monoisotopic (exact) mass is 384 g/mol. The fourth-order valence-corrected chi connectivity index (χ4v) is 3.71. The van der Waals surface area contributed by atoms with Gasteiger partial charge >= 0.3 is 6.03 Å². The number of ether oxygens (including phenoxy) is 1. The topological polar surface area (TPSA) is 58.6 Å². The van der Waals surface area contributed by atoms with Crippen LogP contribution in [-0.2, 0) is 10.3 Å². The van der Waals surface area contributed by atoms with E-state index in [2.05, 4.69) is 5.32 Å². The van der Waals surface area contributed by atoms with E-state index in [-0.39, 0.29) is 19.1 Å². The van der Waals surface area contributed by atoms with Gasteiger partial charge in [0.15, 0.2) is 0 Å². The maximum atomic E-state index is 12.6. The second-order valence-corrected chi connectivity index (χ2v) is 7.07. The van der Waals surface area contributed by atoms with Crippen LogP contribution in [0.3, 0.4) is 0 Å². The van der Waals surface area contributed by atoms with Crippen molar-refractivity contribution in [3.05, 3.63) is 50.6 Å². The summed E-state index contributed by atoms with van der Waals surface area (Å²) in [6.07, 6.45) is 0. The Morgan fingerprint density at radius 3 is 2.75 bits per heavy atom. The Morgan fingerprint density at radius 2 is 2.08 bits per heavy atom. The van der Waals surface area contributed by atoms with Gasteiger partial charge in [0.25, 0.3) is 5.91 Å². The molecule has 0 aliphatic carbocycles. The molecule has 3 amide bonds. The van der Waals surface area contributed by atoms with E-state index in [9.17, 15) is 9.59 Å². The summed E-state index contributed by atoms with van der Waals surface area (Å²) in [6.45, 7) is 1.97. The van der Waals surface area contributed by atoms with Crippen LogP contribution in [0, 0.1) is 0 Å². The zero-order chi connectivity index (χ0) is 17.3. The normalized spacial score (nSPS) is 20.4. The maximum Gasteiger partial charge on any atom is 0.325 e. The Kier molecular flexibility index (Phi) is 4.71. The van der Waals surface area contributed by atoms with Crippen LogP contribution < -0.4 is 10.1 Å². The van der Waals surface area contributed by atoms with E-state index in [0.29, 0.717) is 15.8 Å². The molecule has 0 bridgehead atoms. The molecule has 0 saturated carbocycles. The lowest BCUT2D eigenvalue weighted by Gasteiger charge is -2.20. The summed E-state index contributed by atoms with van der Waals surface area (Å²) in [6, 6.07) is 6.27. The summed E-state index contributed by atoms with van der Waals surface area (Å²) in [5.41, 5.74) is -0.260. The number of nitrogens with zero attached hydrogens (tertiary/aromatic N) is 1. The molecule has 1 aromatic heterocycles. The van der Waals surface area contributed by atoms with Crippen molar-refractivity contribution in [2.24, 2.45) is 0 Å². The molecule has 1 fully saturated rings. The minimum atomic E-state index is -1.03. The first-order valence-corrected chi connectivity index (χ1v) is 8.86. The first-order valence-electron chi connectivity index (χ1n) is 7.16. The summed E-state index contributed by atoms with van der Waals surface area (Å²) in [5.74, 6) is 0.158. The average molecular weight is 385 g/mol. The van der Waals surface area contributed by atoms with Gasteiger partial charge in [-0.25, -0.2) is 4.79 Å². The van der Waals surface area contributed by atoms with Crippen molar-refractivity contribution in [3.8, 4) is 5.75 Å². The number of benzene rings is 1. The van der Waals surface area contributed by atoms with Crippen LogP contribution in [-0.4, -0.2) is 30.0 Å². The Morgan fingerprint density at radius 1 is 1.29 bits per heavy atom. The zero-order valence-corrected chi connectivity index (χ0v) is 15.0. The van der Waals surface area contributed by atoms with E-state index in [1.807, 2.05) is 16.8 Å². The molecule has 1 saturated heterocycles. The molecule has 8 heteroatoms. The molecule has 126 valence electrons. The third-order valence-electron chi connectivity index (χ3n) is 3.84. The highest BCUT2D eigenvalue weighted by molar-refractivity contribution is 7.08. The third-order valence-corrected chi connectivity index (χ3v) is 5.05. The molecule has 1 N–H and O–H groups in total. The van der Waals surface area contributed by atoms with Crippen LogP contribution in [0.5, 0.6) is 5.75 Å². The first kappa shape index (κ1) is 17.1. The number of carbonyl (C=O) groups excluding carboxylic acids is 2. The molecule has 1 unspecified atom stereocenters. The van der Waals surface area contributed by atoms with Crippen LogP contribution in [0.15, 0.2) is 35.0 Å². The molecule has 1 aliphatic rings. The number of hydrogen-bond acceptors (Lipinski definition) is 4. The molecule has 1 aromatic carbocycles. The Bertz CT molecular complexity index is 782. The van der Waals surface area contributed by atoms with Crippen molar-refractivity contribution in [2.75, 3.05) is 13.2 Å². The van der Waals surface area contributed by atoms with Crippen LogP contribution in [0.4, 0.5) is 4.79 Å². The number of hydrogen-bond donors (Lipinski definition) is 1. The minimum absolute atomic E-state index is 0.128. The molecule has 1 aliphatic heterocycles. The van der Waals surface area contributed by atoms with Gasteiger partial charge in [-0.15, -0.1) is 0 Å². The van der Waals surface area contributed by atoms with Crippen molar-refractivity contribution in [2.45, 2.75) is 12.5 Å². The summed E-state index contributed by atoms with van der Waals surface area (Å²) < 4.78 is 5.55. The number of urea groups is 1. The number of imide groups is 1. The number of carbonyl (C=O) groups is 2. The second-order valence-electron chi connectivity index (χ2n) is 5.45. The van der Waals surface area contributed by atoms with E-state index in [1.54, 1.807) is 25.1 Å². The van der Waals surface area contributed by atoms with Gasteiger partial charge in [-0.1, -0.05) is 23.2 Å². The van der Waals surface area contributed by atoms with Crippen molar-refractivity contribution in [1.82, 2.24) is 10.2 Å². The van der Waals surface area contributed by atoms with E-state index < -0.39 is 11.6 Å². The van der Waals surface area contributed by atoms with Crippen molar-refractivity contribution < 1.29 is 14.3 Å². The number of amides is 3. The van der Waals surface area contributed by atoms with Gasteiger partial charge in [0, 0.05) is 5.02 Å². The average Bonchev–Trinajstić information content (AvgIpc) is 3.13. The molecule has 2 aromatic rings. The van der Waals surface area contributed by atoms with Gasteiger partial charge in [0.2, 0.25) is 0 Å². The molecular weight excluding hydrogens is 371 g/mol. The highest BCUT2D eigenvalue weighted by Crippen LogP contribution is 2.30. The van der Waals surface area contributed by atoms with Gasteiger partial charge in [-0.2, -0.15) is 11.3 Å². The largest absolute Gasteiger partial charge is 0.490 e. The quantitative estimate of drug-likeness (QED) is 0.795. The number of rotatable bonds is 5. The van der Waals surface area contributed by atoms with Crippen molar-refractivity contribution in [1.29, 1.82) is 0 Å². The van der Waals surface area contributed by atoms with Crippen LogP contribution >= 0.6 is 34.5 Å². The van der Waals surface area contributed by atoms with E-state index >= 15 is 0 Å². The Labute approximate surface area is 153 Å². The van der Waals surface area contributed by atoms with E-state index in [4.69, 9.17) is 27.9 Å². The predicted molar refractivity (Wildman–Crippen MR) is 93.9 cm³/mol. The SMILES string of the molecule is CC1(c2ccsc2)NC(=O)N(CCOc2ccc(Cl)cc2Cl)C1=O. The van der Waals surface area contributed by atoms with Gasteiger partial charge in [-0.05, 0) is 47.5 Å². The molecule has 1 atom stereocenters. The smallest absolute Gasteiger partial charge is 0.325 e. The number of nitrogens with one attached hydrogen (secondary N) is 1. The summed E-state index contributed by atoms with van der Waals surface area (Å²) in [4.78, 5) is 25.9. The summed E-state index contributed by atoms with van der Waals surface area (Å²) >= 11 is 13.3. The number of thiophene rings is 1. The van der Waals surface area contributed by atoms with Gasteiger partial charge in [0.05, 0.1) is 11.6 Å². The molecule has 0 radical (unpaired) electrons. The molecule has 5 nitrogen and oxygen atoms in total. The first-order chi connectivity index (χ1) is 11.4. The molecule has 0 spiro atoms. The second kappa shape index (κ2) is 6.63. The fourth-order valence-electron chi connectivity index (χ4n) is 2.48. The summed E-state index contributed by atoms with van der Waals surface area (Å²) in [5, 5.41) is 7.35. The minimum Gasteiger partial charge on any atom is -0.490 e. The lowest BCUT2D eigenvalue weighted by atomic mass is 9.95. The van der Waals surface area contributed by atoms with Crippen molar-refractivity contribution >= 4 is 46.5 Å². The van der Waals surface area contributed by atoms with Gasteiger partial charge < -0.3 is 10.1 Å². The van der Waals surface area contributed by atoms with Gasteiger partial charge in [0.1, 0.15) is 17.9 Å². The molecular formula is C16H14Cl2N2O3S.